The van der Waals surface area contributed by atoms with Crippen LogP contribution in [-0.4, -0.2) is 32.6 Å². The molecule has 0 fully saturated rings. The van der Waals surface area contributed by atoms with Gasteiger partial charge < -0.3 is 0 Å². The number of sulfonamides is 1. The molecule has 0 bridgehead atoms. The molecule has 0 saturated carbocycles. The third kappa shape index (κ3) is 4.52. The van der Waals surface area contributed by atoms with E-state index >= 15 is 0 Å². The Balaban J connectivity index is 1.31. The van der Waals surface area contributed by atoms with E-state index in [0.29, 0.717) is 32.9 Å². The SMILES string of the molecule is Cc1csc2nc(CNS(=O)(=O)Cc3ccc4ccc5ncc(-c6cnn(C)c6)cc5c(=O)c4c3)cn12. The predicted molar refractivity (Wildman–Crippen MR) is 145 cm³/mol. The van der Waals surface area contributed by atoms with Crippen molar-refractivity contribution < 1.29 is 8.42 Å². The second-order valence-corrected chi connectivity index (χ2v) is 11.6. The van der Waals surface area contributed by atoms with Crippen molar-refractivity contribution in [2.45, 2.75) is 19.2 Å². The lowest BCUT2D eigenvalue weighted by atomic mass is 10.1. The number of thiazole rings is 1. The van der Waals surface area contributed by atoms with E-state index < -0.39 is 10.0 Å². The zero-order valence-corrected chi connectivity index (χ0v) is 21.7. The molecule has 6 rings (SSSR count). The molecule has 0 aliphatic rings. The lowest BCUT2D eigenvalue weighted by molar-refractivity contribution is 0.580. The molecule has 37 heavy (non-hydrogen) atoms. The Morgan fingerprint density at radius 1 is 1.03 bits per heavy atom. The minimum Gasteiger partial charge on any atom is -0.295 e. The Hall–Kier alpha value is -3.93. The van der Waals surface area contributed by atoms with Gasteiger partial charge in [-0.1, -0.05) is 18.2 Å². The van der Waals surface area contributed by atoms with Gasteiger partial charge in [0.15, 0.2) is 10.4 Å². The highest BCUT2D eigenvalue weighted by Gasteiger charge is 2.15. The summed E-state index contributed by atoms with van der Waals surface area (Å²) in [6.45, 7) is 2.07. The third-order valence-corrected chi connectivity index (χ3v) is 8.51. The lowest BCUT2D eigenvalue weighted by Gasteiger charge is -2.06. The molecule has 4 heterocycles. The highest BCUT2D eigenvalue weighted by Crippen LogP contribution is 2.23. The second-order valence-electron chi connectivity index (χ2n) is 8.99. The van der Waals surface area contributed by atoms with Gasteiger partial charge in [-0.05, 0) is 36.1 Å². The number of rotatable bonds is 6. The standard InChI is InChI=1S/C26H22N6O3S2/c1-16-14-36-26-30-21(13-32(16)26)11-29-37(34,35)15-17-3-4-18-5-6-24-23(25(33)22(18)7-17)8-19(9-27-24)20-10-28-31(2)12-20/h3-10,12-14,29H,11,15H2,1-2H3. The maximum absolute atomic E-state index is 13.6. The van der Waals surface area contributed by atoms with Gasteiger partial charge in [-0.3, -0.25) is 18.9 Å². The van der Waals surface area contributed by atoms with Crippen LogP contribution in [0.2, 0.25) is 0 Å². The van der Waals surface area contributed by atoms with Gasteiger partial charge in [-0.2, -0.15) is 5.10 Å². The summed E-state index contributed by atoms with van der Waals surface area (Å²) in [5, 5.41) is 7.81. The van der Waals surface area contributed by atoms with Crippen molar-refractivity contribution in [1.29, 1.82) is 0 Å². The summed E-state index contributed by atoms with van der Waals surface area (Å²) in [5.41, 5.74) is 4.24. The number of hydrogen-bond acceptors (Lipinski definition) is 7. The van der Waals surface area contributed by atoms with Gasteiger partial charge in [0.05, 0.1) is 29.7 Å². The zero-order chi connectivity index (χ0) is 25.7. The van der Waals surface area contributed by atoms with Gasteiger partial charge in [0, 0.05) is 58.6 Å². The fraction of sp³-hybridized carbons (Fsp3) is 0.154. The first-order chi connectivity index (χ1) is 17.8. The number of nitrogens with zero attached hydrogens (tertiary/aromatic N) is 5. The average Bonchev–Trinajstić information content (AvgIpc) is 3.56. The highest BCUT2D eigenvalue weighted by molar-refractivity contribution is 7.88. The number of hydrogen-bond donors (Lipinski definition) is 1. The second kappa shape index (κ2) is 8.87. The molecule has 0 amide bonds. The molecule has 9 nitrogen and oxygen atoms in total. The van der Waals surface area contributed by atoms with Crippen LogP contribution in [0.1, 0.15) is 17.0 Å². The molecule has 0 aliphatic carbocycles. The van der Waals surface area contributed by atoms with Crippen molar-refractivity contribution in [3.63, 3.8) is 0 Å². The lowest BCUT2D eigenvalue weighted by Crippen LogP contribution is -2.24. The molecule has 11 heteroatoms. The summed E-state index contributed by atoms with van der Waals surface area (Å²) < 4.78 is 32.0. The maximum Gasteiger partial charge on any atom is 0.216 e. The molecule has 0 spiro atoms. The molecule has 0 aliphatic heterocycles. The van der Waals surface area contributed by atoms with Crippen LogP contribution in [0.4, 0.5) is 0 Å². The quantitative estimate of drug-likeness (QED) is 0.351. The fourth-order valence-corrected chi connectivity index (χ4v) is 6.31. The largest absolute Gasteiger partial charge is 0.295 e. The zero-order valence-electron chi connectivity index (χ0n) is 20.0. The normalized spacial score (nSPS) is 12.2. The number of pyridine rings is 1. The van der Waals surface area contributed by atoms with E-state index in [4.69, 9.17) is 0 Å². The van der Waals surface area contributed by atoms with E-state index in [1.165, 1.54) is 11.3 Å². The Morgan fingerprint density at radius 2 is 1.86 bits per heavy atom. The van der Waals surface area contributed by atoms with Crippen molar-refractivity contribution in [3.05, 3.63) is 93.7 Å². The van der Waals surface area contributed by atoms with E-state index in [-0.39, 0.29) is 17.7 Å². The summed E-state index contributed by atoms with van der Waals surface area (Å²) >= 11 is 1.51. The Labute approximate surface area is 216 Å². The smallest absolute Gasteiger partial charge is 0.216 e. The van der Waals surface area contributed by atoms with Gasteiger partial charge in [-0.25, -0.2) is 18.1 Å². The number of fused-ring (bicyclic) bond motifs is 3. The van der Waals surface area contributed by atoms with Crippen LogP contribution < -0.4 is 10.2 Å². The molecule has 186 valence electrons. The number of aromatic nitrogens is 5. The summed E-state index contributed by atoms with van der Waals surface area (Å²) in [6, 6.07) is 10.6. The van der Waals surface area contributed by atoms with Crippen molar-refractivity contribution in [2.24, 2.45) is 7.05 Å². The number of benzene rings is 1. The van der Waals surface area contributed by atoms with E-state index in [9.17, 15) is 13.2 Å². The summed E-state index contributed by atoms with van der Waals surface area (Å²) in [5.74, 6) is -0.251. The molecule has 1 N–H and O–H groups in total. The van der Waals surface area contributed by atoms with Crippen LogP contribution in [0, 0.1) is 6.92 Å². The number of nitrogens with one attached hydrogen (secondary N) is 1. The van der Waals surface area contributed by atoms with Crippen LogP contribution in [0.25, 0.3) is 37.8 Å². The van der Waals surface area contributed by atoms with Gasteiger partial charge in [0.1, 0.15) is 0 Å². The third-order valence-electron chi connectivity index (χ3n) is 6.25. The van der Waals surface area contributed by atoms with Gasteiger partial charge >= 0.3 is 0 Å². The first-order valence-electron chi connectivity index (χ1n) is 11.5. The van der Waals surface area contributed by atoms with Crippen LogP contribution in [0.3, 0.4) is 0 Å². The summed E-state index contributed by atoms with van der Waals surface area (Å²) in [4.78, 5) is 23.3. The van der Waals surface area contributed by atoms with Crippen molar-refractivity contribution in [3.8, 4) is 11.1 Å². The molecule has 0 unspecified atom stereocenters. The molecular weight excluding hydrogens is 508 g/mol. The van der Waals surface area contributed by atoms with Gasteiger partial charge in [0.25, 0.3) is 0 Å². The first kappa shape index (κ1) is 23.5. The molecule has 6 aromatic rings. The number of imidazole rings is 1. The maximum atomic E-state index is 13.6. The summed E-state index contributed by atoms with van der Waals surface area (Å²) in [6.07, 6.45) is 7.14. The highest BCUT2D eigenvalue weighted by atomic mass is 32.2. The predicted octanol–water partition coefficient (Wildman–Crippen LogP) is 3.79. The Bertz CT molecular complexity index is 1990. The van der Waals surface area contributed by atoms with Crippen LogP contribution in [-0.2, 0) is 29.4 Å². The van der Waals surface area contributed by atoms with E-state index in [0.717, 1.165) is 21.8 Å². The first-order valence-corrected chi connectivity index (χ1v) is 14.0. The number of aryl methyl sites for hydroxylation is 2. The van der Waals surface area contributed by atoms with Gasteiger partial charge in [-0.15, -0.1) is 11.3 Å². The topological polar surface area (TPSA) is 111 Å². The average molecular weight is 531 g/mol. The van der Waals surface area contributed by atoms with E-state index in [1.54, 1.807) is 35.3 Å². The molecule has 0 atom stereocenters. The Morgan fingerprint density at radius 3 is 2.65 bits per heavy atom. The Kier molecular flexibility index (Phi) is 5.63. The van der Waals surface area contributed by atoms with E-state index in [1.807, 2.05) is 54.3 Å². The van der Waals surface area contributed by atoms with Crippen LogP contribution in [0.5, 0.6) is 0 Å². The minimum atomic E-state index is -3.66. The van der Waals surface area contributed by atoms with Crippen molar-refractivity contribution >= 4 is 48.0 Å². The minimum absolute atomic E-state index is 0.0962. The van der Waals surface area contributed by atoms with E-state index in [2.05, 4.69) is 19.8 Å². The summed E-state index contributed by atoms with van der Waals surface area (Å²) in [7, 11) is -1.84. The molecule has 2 aromatic carbocycles. The van der Waals surface area contributed by atoms with Crippen LogP contribution >= 0.6 is 11.3 Å². The van der Waals surface area contributed by atoms with Crippen molar-refractivity contribution in [2.75, 3.05) is 0 Å². The molecular formula is C26H22N6O3S2. The monoisotopic (exact) mass is 530 g/mol. The van der Waals surface area contributed by atoms with Crippen molar-refractivity contribution in [1.82, 2.24) is 28.9 Å². The fourth-order valence-electron chi connectivity index (χ4n) is 4.35. The van der Waals surface area contributed by atoms with Gasteiger partial charge in [0.2, 0.25) is 10.0 Å². The van der Waals surface area contributed by atoms with Crippen LogP contribution in [0.15, 0.2) is 71.4 Å². The molecule has 4 aromatic heterocycles. The molecule has 0 saturated heterocycles. The molecule has 0 radical (unpaired) electrons.